The lowest BCUT2D eigenvalue weighted by molar-refractivity contribution is -0.121. The molecule has 3 aliphatic rings. The highest BCUT2D eigenvalue weighted by atomic mass is 16.3. The Bertz CT molecular complexity index is 789. The van der Waals surface area contributed by atoms with Crippen molar-refractivity contribution in [2.75, 3.05) is 0 Å². The van der Waals surface area contributed by atoms with E-state index in [4.69, 9.17) is 0 Å². The molecule has 3 rings (SSSR count). The molecule has 0 aliphatic heterocycles. The van der Waals surface area contributed by atoms with Gasteiger partial charge in [0.2, 0.25) is 0 Å². The maximum absolute atomic E-state index is 12.6. The van der Waals surface area contributed by atoms with Gasteiger partial charge in [-0.2, -0.15) is 0 Å². The first-order valence-electron chi connectivity index (χ1n) is 10.5. The van der Waals surface area contributed by atoms with Crippen LogP contribution in [0.2, 0.25) is 0 Å². The molecule has 2 fully saturated rings. The Morgan fingerprint density at radius 1 is 1.25 bits per heavy atom. The molecule has 2 saturated carbocycles. The van der Waals surface area contributed by atoms with Crippen LogP contribution in [0.4, 0.5) is 0 Å². The highest BCUT2D eigenvalue weighted by molar-refractivity contribution is 5.94. The van der Waals surface area contributed by atoms with Gasteiger partial charge in [0.05, 0.1) is 11.5 Å². The van der Waals surface area contributed by atoms with Crippen LogP contribution in [0.1, 0.15) is 66.7 Å². The fourth-order valence-corrected chi connectivity index (χ4v) is 5.76. The molecular weight excluding hydrogens is 348 g/mol. The third-order valence-corrected chi connectivity index (χ3v) is 7.36. The molecule has 5 atom stereocenters. The third-order valence-electron chi connectivity index (χ3n) is 7.36. The Kier molecular flexibility index (Phi) is 5.69. The molecule has 0 saturated heterocycles. The molecule has 0 spiro atoms. The second kappa shape index (κ2) is 7.59. The fourth-order valence-electron chi connectivity index (χ4n) is 5.76. The number of hydrogen-bond donors (Lipinski definition) is 1. The summed E-state index contributed by atoms with van der Waals surface area (Å²) in [5.41, 5.74) is 3.64. The minimum atomic E-state index is -1.03. The van der Waals surface area contributed by atoms with Crippen molar-refractivity contribution >= 4 is 12.1 Å². The summed E-state index contributed by atoms with van der Waals surface area (Å²) in [6.07, 6.45) is 13.1. The molecule has 3 aliphatic carbocycles. The zero-order chi connectivity index (χ0) is 20.7. The summed E-state index contributed by atoms with van der Waals surface area (Å²) in [6.45, 7) is 10.4. The van der Waals surface area contributed by atoms with E-state index in [-0.39, 0.29) is 23.5 Å². The summed E-state index contributed by atoms with van der Waals surface area (Å²) in [6, 6.07) is 0. The summed E-state index contributed by atoms with van der Waals surface area (Å²) in [4.78, 5) is 24.4. The average Bonchev–Trinajstić information content (AvgIpc) is 3.01. The third kappa shape index (κ3) is 3.74. The summed E-state index contributed by atoms with van der Waals surface area (Å²) < 4.78 is 0. The first kappa shape index (κ1) is 21.0. The molecule has 0 heterocycles. The smallest absolute Gasteiger partial charge is 0.146 e. The molecular formula is C25H34O3. The van der Waals surface area contributed by atoms with E-state index < -0.39 is 11.5 Å². The van der Waals surface area contributed by atoms with E-state index in [0.717, 1.165) is 32.0 Å². The Balaban J connectivity index is 2.01. The molecule has 1 N–H and O–H groups in total. The average molecular weight is 383 g/mol. The van der Waals surface area contributed by atoms with Crippen LogP contribution in [0.25, 0.3) is 0 Å². The Morgan fingerprint density at radius 2 is 1.96 bits per heavy atom. The topological polar surface area (TPSA) is 54.4 Å². The minimum absolute atomic E-state index is 0.0185. The van der Waals surface area contributed by atoms with Crippen LogP contribution >= 0.6 is 0 Å². The Morgan fingerprint density at radius 3 is 2.61 bits per heavy atom. The van der Waals surface area contributed by atoms with E-state index in [9.17, 15) is 14.7 Å². The number of Topliss-reactive ketones (excluding diaryl/α,β-unsaturated/α-hetero) is 1. The van der Waals surface area contributed by atoms with Crippen molar-refractivity contribution in [2.45, 2.75) is 72.3 Å². The second-order valence-corrected chi connectivity index (χ2v) is 9.86. The number of allylic oxidation sites excluding steroid dienone is 8. The van der Waals surface area contributed by atoms with Crippen LogP contribution in [-0.2, 0) is 9.59 Å². The molecule has 0 aromatic heterocycles. The summed E-state index contributed by atoms with van der Waals surface area (Å²) in [7, 11) is 0. The lowest BCUT2D eigenvalue weighted by atomic mass is 9.64. The van der Waals surface area contributed by atoms with Gasteiger partial charge in [-0.3, -0.25) is 9.59 Å². The molecule has 0 aromatic rings. The monoisotopic (exact) mass is 382 g/mol. The van der Waals surface area contributed by atoms with Crippen LogP contribution in [0, 0.1) is 23.2 Å². The summed E-state index contributed by atoms with van der Waals surface area (Å²) in [5.74, 6) is -0.238. The molecule has 3 heteroatoms. The number of aliphatic hydroxyl groups is 1. The zero-order valence-corrected chi connectivity index (χ0v) is 17.9. The normalized spacial score (nSPS) is 39.7. The van der Waals surface area contributed by atoms with Gasteiger partial charge in [-0.15, -0.1) is 0 Å². The predicted octanol–water partition coefficient (Wildman–Crippen LogP) is 5.12. The van der Waals surface area contributed by atoms with E-state index >= 15 is 0 Å². The van der Waals surface area contributed by atoms with Crippen LogP contribution in [0.3, 0.4) is 0 Å². The van der Waals surface area contributed by atoms with Gasteiger partial charge in [0.1, 0.15) is 12.1 Å². The van der Waals surface area contributed by atoms with Crippen molar-refractivity contribution in [3.05, 3.63) is 46.6 Å². The maximum Gasteiger partial charge on any atom is 0.146 e. The Hall–Kier alpha value is -1.74. The van der Waals surface area contributed by atoms with Gasteiger partial charge in [0.25, 0.3) is 0 Å². The summed E-state index contributed by atoms with van der Waals surface area (Å²) >= 11 is 0. The van der Waals surface area contributed by atoms with Gasteiger partial charge >= 0.3 is 0 Å². The number of hydrogen-bond acceptors (Lipinski definition) is 3. The van der Waals surface area contributed by atoms with E-state index in [2.05, 4.69) is 45.9 Å². The van der Waals surface area contributed by atoms with Gasteiger partial charge in [0, 0.05) is 12.3 Å². The number of aldehydes is 1. The highest BCUT2D eigenvalue weighted by Crippen LogP contribution is 2.58. The van der Waals surface area contributed by atoms with Crippen LogP contribution in [-0.4, -0.2) is 22.8 Å². The predicted molar refractivity (Wildman–Crippen MR) is 113 cm³/mol. The van der Waals surface area contributed by atoms with Crippen molar-refractivity contribution in [1.82, 2.24) is 0 Å². The zero-order valence-electron chi connectivity index (χ0n) is 17.9. The minimum Gasteiger partial charge on any atom is -0.389 e. The van der Waals surface area contributed by atoms with Crippen LogP contribution < -0.4 is 0 Å². The number of ketones is 1. The van der Waals surface area contributed by atoms with E-state index in [1.807, 2.05) is 6.08 Å². The van der Waals surface area contributed by atoms with Crippen molar-refractivity contribution in [2.24, 2.45) is 23.2 Å². The number of fused-ring (bicyclic) bond motifs is 2. The molecule has 3 nitrogen and oxygen atoms in total. The highest BCUT2D eigenvalue weighted by Gasteiger charge is 2.55. The molecule has 0 radical (unpaired) electrons. The van der Waals surface area contributed by atoms with Gasteiger partial charge in [-0.05, 0) is 70.3 Å². The molecule has 0 amide bonds. The molecule has 28 heavy (non-hydrogen) atoms. The van der Waals surface area contributed by atoms with Crippen molar-refractivity contribution < 1.29 is 14.7 Å². The number of carbonyl (C=O) groups is 2. The van der Waals surface area contributed by atoms with Gasteiger partial charge in [-0.25, -0.2) is 0 Å². The maximum atomic E-state index is 12.6. The van der Waals surface area contributed by atoms with Crippen LogP contribution in [0.15, 0.2) is 46.6 Å². The lowest BCUT2D eigenvalue weighted by Gasteiger charge is -2.41. The standard InChI is InChI=1S/C25H34O3/c1-16(2)7-6-8-17(3)19-11-12-24(4)13-21-23(22(27)14-25(21,5)28)18(15-26)9-10-20(19)24/h6-9,15,20-21,23,28H,10-14H2,1-5H3/b8-6+,18-9?,19-17+/t20-,21-,23+,24+,25+/m0/s1. The van der Waals surface area contributed by atoms with Gasteiger partial charge < -0.3 is 5.11 Å². The SMILES string of the molecule is CC(C)=C/C=C/C(C)=C1\CC[C@]2(C)C[C@H]3[C@H](C(=O)C[C@@]3(C)O)C(C=O)=CC[C@@H]12. The Labute approximate surface area is 169 Å². The molecule has 152 valence electrons. The van der Waals surface area contributed by atoms with Gasteiger partial charge in [0.15, 0.2) is 0 Å². The van der Waals surface area contributed by atoms with E-state index in [1.54, 1.807) is 6.92 Å². The first-order chi connectivity index (χ1) is 13.1. The van der Waals surface area contributed by atoms with Gasteiger partial charge in [-0.1, -0.05) is 47.9 Å². The van der Waals surface area contributed by atoms with E-state index in [0.29, 0.717) is 11.5 Å². The second-order valence-electron chi connectivity index (χ2n) is 9.86. The van der Waals surface area contributed by atoms with Crippen molar-refractivity contribution in [3.8, 4) is 0 Å². The number of rotatable bonds is 3. The first-order valence-corrected chi connectivity index (χ1v) is 10.5. The largest absolute Gasteiger partial charge is 0.389 e. The number of carbonyl (C=O) groups excluding carboxylic acids is 2. The summed E-state index contributed by atoms with van der Waals surface area (Å²) in [5, 5.41) is 11.0. The van der Waals surface area contributed by atoms with Crippen molar-refractivity contribution in [1.29, 1.82) is 0 Å². The molecule has 0 bridgehead atoms. The van der Waals surface area contributed by atoms with Crippen molar-refractivity contribution in [3.63, 3.8) is 0 Å². The molecule has 0 aromatic carbocycles. The van der Waals surface area contributed by atoms with Crippen LogP contribution in [0.5, 0.6) is 0 Å². The quantitative estimate of drug-likeness (QED) is 0.545. The van der Waals surface area contributed by atoms with E-state index in [1.165, 1.54) is 16.7 Å². The molecule has 0 unspecified atom stereocenters. The fraction of sp³-hybridized carbons (Fsp3) is 0.600. The lowest BCUT2D eigenvalue weighted by Crippen LogP contribution is -2.39.